The molecular formula is C22H25N5O3. The number of aromatic nitrogens is 3. The van der Waals surface area contributed by atoms with Crippen LogP contribution in [0.25, 0.3) is 11.0 Å². The molecular weight excluding hydrogens is 382 g/mol. The van der Waals surface area contributed by atoms with Gasteiger partial charge in [0.2, 0.25) is 0 Å². The van der Waals surface area contributed by atoms with Crippen LogP contribution in [-0.4, -0.2) is 55.4 Å². The zero-order chi connectivity index (χ0) is 21.0. The van der Waals surface area contributed by atoms with E-state index in [0.717, 1.165) is 6.42 Å². The minimum atomic E-state index is -0.696. The van der Waals surface area contributed by atoms with Crippen LogP contribution in [0.3, 0.4) is 0 Å². The number of pyridine rings is 1. The van der Waals surface area contributed by atoms with Crippen LogP contribution < -0.4 is 10.7 Å². The minimum absolute atomic E-state index is 0.221. The smallest absolute Gasteiger partial charge is 0.270 e. The van der Waals surface area contributed by atoms with Crippen molar-refractivity contribution in [3.05, 3.63) is 63.1 Å². The van der Waals surface area contributed by atoms with E-state index in [1.165, 1.54) is 17.2 Å². The van der Waals surface area contributed by atoms with Crippen molar-refractivity contribution < 1.29 is 9.90 Å². The van der Waals surface area contributed by atoms with E-state index < -0.39 is 11.6 Å². The summed E-state index contributed by atoms with van der Waals surface area (Å²) in [5.74, 6) is -0.280. The third-order valence-corrected chi connectivity index (χ3v) is 6.63. The normalized spacial score (nSPS) is 23.7. The van der Waals surface area contributed by atoms with Gasteiger partial charge in [0.1, 0.15) is 11.3 Å². The number of amides is 1. The Balaban J connectivity index is 1.39. The number of nitrogens with one attached hydrogen (secondary N) is 2. The summed E-state index contributed by atoms with van der Waals surface area (Å²) >= 11 is 0. The molecule has 3 aromatic rings. The molecule has 2 aliphatic heterocycles. The van der Waals surface area contributed by atoms with Gasteiger partial charge in [0.05, 0.1) is 22.7 Å². The largest absolute Gasteiger partial charge is 0.389 e. The van der Waals surface area contributed by atoms with Gasteiger partial charge in [-0.25, -0.2) is 0 Å². The van der Waals surface area contributed by atoms with Crippen LogP contribution in [0.4, 0.5) is 0 Å². The molecule has 8 nitrogen and oxygen atoms in total. The Labute approximate surface area is 173 Å². The molecule has 2 aromatic heterocycles. The zero-order valence-electron chi connectivity index (χ0n) is 17.1. The van der Waals surface area contributed by atoms with Crippen molar-refractivity contribution >= 4 is 16.9 Å². The molecule has 5 rings (SSSR count). The molecule has 0 aliphatic carbocycles. The van der Waals surface area contributed by atoms with Crippen LogP contribution in [0.15, 0.2) is 35.1 Å². The maximum Gasteiger partial charge on any atom is 0.270 e. The Hall–Kier alpha value is -2.97. The van der Waals surface area contributed by atoms with E-state index in [1.54, 1.807) is 23.6 Å². The Morgan fingerprint density at radius 2 is 2.07 bits per heavy atom. The fraction of sp³-hybridized carbons (Fsp3) is 0.409. The summed E-state index contributed by atoms with van der Waals surface area (Å²) in [6.45, 7) is 3.22. The average Bonchev–Trinajstić information content (AvgIpc) is 3.03. The molecule has 3 N–H and O–H groups in total. The SMILES string of the molecule is Cc1nn(C)c2[nH]c(C(=O)N3CC[C@]4(Cc5ccccc5CN4)[C@H](O)C3)cc(=O)c12. The van der Waals surface area contributed by atoms with Gasteiger partial charge in [0.25, 0.3) is 5.91 Å². The fourth-order valence-corrected chi connectivity index (χ4v) is 4.90. The van der Waals surface area contributed by atoms with Crippen LogP contribution in [0.5, 0.6) is 0 Å². The minimum Gasteiger partial charge on any atom is -0.389 e. The number of aryl methyl sites for hydroxylation is 2. The molecule has 1 aromatic carbocycles. The molecule has 0 unspecified atom stereocenters. The quantitative estimate of drug-likeness (QED) is 0.555. The summed E-state index contributed by atoms with van der Waals surface area (Å²) in [5, 5.41) is 19.3. The lowest BCUT2D eigenvalue weighted by molar-refractivity contribution is -0.0140. The Bertz CT molecular complexity index is 1210. The van der Waals surface area contributed by atoms with Crippen molar-refractivity contribution in [1.82, 2.24) is 25.0 Å². The molecule has 4 heterocycles. The molecule has 0 radical (unpaired) electrons. The number of nitrogens with zero attached hydrogens (tertiary/aromatic N) is 3. The van der Waals surface area contributed by atoms with Crippen LogP contribution in [-0.2, 0) is 20.0 Å². The molecule has 0 saturated carbocycles. The predicted octanol–water partition coefficient (Wildman–Crippen LogP) is 0.862. The molecule has 2 atom stereocenters. The van der Waals surface area contributed by atoms with Crippen molar-refractivity contribution in [3.63, 3.8) is 0 Å². The molecule has 1 spiro atoms. The Morgan fingerprint density at radius 3 is 2.83 bits per heavy atom. The molecule has 30 heavy (non-hydrogen) atoms. The average molecular weight is 407 g/mol. The lowest BCUT2D eigenvalue weighted by Crippen LogP contribution is -2.65. The van der Waals surface area contributed by atoms with Crippen molar-refractivity contribution in [3.8, 4) is 0 Å². The van der Waals surface area contributed by atoms with Crippen molar-refractivity contribution in [2.75, 3.05) is 13.1 Å². The summed E-state index contributed by atoms with van der Waals surface area (Å²) in [4.78, 5) is 30.4. The van der Waals surface area contributed by atoms with Gasteiger partial charge in [-0.2, -0.15) is 5.10 Å². The van der Waals surface area contributed by atoms with Gasteiger partial charge >= 0.3 is 0 Å². The number of rotatable bonds is 1. The number of piperidine rings is 1. The number of carbonyl (C=O) groups is 1. The second-order valence-electron chi connectivity index (χ2n) is 8.45. The first-order valence-electron chi connectivity index (χ1n) is 10.2. The van der Waals surface area contributed by atoms with Crippen molar-refractivity contribution in [1.29, 1.82) is 0 Å². The summed E-state index contributed by atoms with van der Waals surface area (Å²) in [5.41, 5.74) is 3.23. The number of aromatic amines is 1. The Kier molecular flexibility index (Phi) is 4.30. The van der Waals surface area contributed by atoms with Gasteiger partial charge in [-0.15, -0.1) is 0 Å². The topological polar surface area (TPSA) is 103 Å². The number of likely N-dealkylation sites (tertiary alicyclic amines) is 1. The first kappa shape index (κ1) is 19.0. The maximum atomic E-state index is 13.1. The summed E-state index contributed by atoms with van der Waals surface area (Å²) < 4.78 is 1.58. The summed E-state index contributed by atoms with van der Waals surface area (Å²) in [6.07, 6.45) is 0.688. The van der Waals surface area contributed by atoms with Crippen molar-refractivity contribution in [2.45, 2.75) is 38.0 Å². The highest BCUT2D eigenvalue weighted by atomic mass is 16.3. The summed E-state index contributed by atoms with van der Waals surface area (Å²) in [7, 11) is 1.74. The van der Waals surface area contributed by atoms with Gasteiger partial charge in [-0.3, -0.25) is 14.3 Å². The number of carbonyl (C=O) groups excluding carboxylic acids is 1. The number of hydrogen-bond acceptors (Lipinski definition) is 5. The number of aliphatic hydroxyl groups is 1. The maximum absolute atomic E-state index is 13.1. The number of fused-ring (bicyclic) bond motifs is 2. The van der Waals surface area contributed by atoms with Crippen LogP contribution in [0.2, 0.25) is 0 Å². The molecule has 1 amide bonds. The number of hydrogen-bond donors (Lipinski definition) is 3. The number of H-pyrrole nitrogens is 1. The second-order valence-corrected chi connectivity index (χ2v) is 8.45. The van der Waals surface area contributed by atoms with Gasteiger partial charge < -0.3 is 20.3 Å². The molecule has 2 aliphatic rings. The lowest BCUT2D eigenvalue weighted by Gasteiger charge is -2.48. The van der Waals surface area contributed by atoms with E-state index in [9.17, 15) is 14.7 Å². The molecule has 8 heteroatoms. The first-order chi connectivity index (χ1) is 14.4. The van der Waals surface area contributed by atoms with Crippen molar-refractivity contribution in [2.24, 2.45) is 7.05 Å². The van der Waals surface area contributed by atoms with E-state index in [4.69, 9.17) is 0 Å². The highest BCUT2D eigenvalue weighted by molar-refractivity contribution is 5.94. The van der Waals surface area contributed by atoms with E-state index >= 15 is 0 Å². The first-order valence-corrected chi connectivity index (χ1v) is 10.2. The van der Waals surface area contributed by atoms with Crippen LogP contribution >= 0.6 is 0 Å². The Morgan fingerprint density at radius 1 is 1.30 bits per heavy atom. The fourth-order valence-electron chi connectivity index (χ4n) is 4.90. The lowest BCUT2D eigenvalue weighted by atomic mass is 9.76. The third kappa shape index (κ3) is 2.86. The highest BCUT2D eigenvalue weighted by Crippen LogP contribution is 2.32. The highest BCUT2D eigenvalue weighted by Gasteiger charge is 2.45. The second kappa shape index (κ2) is 6.78. The van der Waals surface area contributed by atoms with Gasteiger partial charge in [-0.1, -0.05) is 24.3 Å². The molecule has 1 saturated heterocycles. The van der Waals surface area contributed by atoms with E-state index in [1.807, 2.05) is 12.1 Å². The monoisotopic (exact) mass is 407 g/mol. The zero-order valence-corrected chi connectivity index (χ0v) is 17.1. The molecule has 0 bridgehead atoms. The number of aliphatic hydroxyl groups excluding tert-OH is 1. The van der Waals surface area contributed by atoms with E-state index in [0.29, 0.717) is 36.2 Å². The predicted molar refractivity (Wildman–Crippen MR) is 112 cm³/mol. The van der Waals surface area contributed by atoms with Crippen LogP contribution in [0.1, 0.15) is 33.7 Å². The van der Waals surface area contributed by atoms with E-state index in [-0.39, 0.29) is 23.6 Å². The van der Waals surface area contributed by atoms with Gasteiger partial charge in [0, 0.05) is 32.7 Å². The number of benzene rings is 1. The number of β-amino-alcohol motifs (C(OH)–C–C–N with tert-alkyl or cyclic N) is 1. The standard InChI is InChI=1S/C22H25N5O3/c1-13-19-17(28)9-16(24-20(19)26(2)25-13)21(30)27-8-7-22(18(29)12-27)10-14-5-3-4-6-15(14)11-23-22/h3-6,9,18,23,29H,7-8,10-12H2,1-2H3,(H,24,28)/t18-,22+/m1/s1. The van der Waals surface area contributed by atoms with Gasteiger partial charge in [-0.05, 0) is 30.9 Å². The third-order valence-electron chi connectivity index (χ3n) is 6.63. The van der Waals surface area contributed by atoms with Crippen LogP contribution in [0, 0.1) is 6.92 Å². The van der Waals surface area contributed by atoms with Gasteiger partial charge in [0.15, 0.2) is 5.43 Å². The molecule has 1 fully saturated rings. The van der Waals surface area contributed by atoms with E-state index in [2.05, 4.69) is 27.5 Å². The molecule has 156 valence electrons. The summed E-state index contributed by atoms with van der Waals surface area (Å²) in [6, 6.07) is 9.60.